The third-order valence-electron chi connectivity index (χ3n) is 4.34. The molecule has 0 unspecified atom stereocenters. The van der Waals surface area contributed by atoms with Gasteiger partial charge in [0.2, 0.25) is 5.91 Å². The molecule has 2 aromatic rings. The highest BCUT2D eigenvalue weighted by molar-refractivity contribution is 5.77. The monoisotopic (exact) mass is 328 g/mol. The fourth-order valence-electron chi connectivity index (χ4n) is 3.18. The van der Waals surface area contributed by atoms with Crippen LogP contribution in [0.25, 0.3) is 0 Å². The summed E-state index contributed by atoms with van der Waals surface area (Å²) in [6.45, 7) is 5.91. The number of carbonyl (C=O) groups excluding carboxylic acids is 1. The minimum atomic E-state index is 0.0464. The van der Waals surface area contributed by atoms with E-state index in [9.17, 15) is 4.79 Å². The molecule has 24 heavy (non-hydrogen) atoms. The highest BCUT2D eigenvalue weighted by Crippen LogP contribution is 2.22. The van der Waals surface area contributed by atoms with Gasteiger partial charge in [-0.25, -0.2) is 9.67 Å². The SMILES string of the molecule is Cc1nc(C)n([C@H]2CCCN(C(=O)COCc3ccccc3)C2)n1. The number of benzene rings is 1. The first-order valence-corrected chi connectivity index (χ1v) is 8.42. The molecule has 1 aromatic carbocycles. The summed E-state index contributed by atoms with van der Waals surface area (Å²) in [7, 11) is 0. The Morgan fingerprint density at radius 3 is 2.79 bits per heavy atom. The van der Waals surface area contributed by atoms with Gasteiger partial charge in [-0.15, -0.1) is 0 Å². The first-order valence-electron chi connectivity index (χ1n) is 8.42. The van der Waals surface area contributed by atoms with Gasteiger partial charge in [0.1, 0.15) is 18.3 Å². The summed E-state index contributed by atoms with van der Waals surface area (Å²) in [6.07, 6.45) is 2.01. The average molecular weight is 328 g/mol. The zero-order valence-electron chi connectivity index (χ0n) is 14.3. The molecule has 1 fully saturated rings. The van der Waals surface area contributed by atoms with E-state index in [0.717, 1.165) is 36.6 Å². The molecule has 6 nitrogen and oxygen atoms in total. The summed E-state index contributed by atoms with van der Waals surface area (Å²) >= 11 is 0. The van der Waals surface area contributed by atoms with Crippen molar-refractivity contribution in [3.8, 4) is 0 Å². The Balaban J connectivity index is 1.52. The number of aryl methyl sites for hydroxylation is 2. The Kier molecular flexibility index (Phi) is 5.25. The first kappa shape index (κ1) is 16.6. The fourth-order valence-corrected chi connectivity index (χ4v) is 3.18. The van der Waals surface area contributed by atoms with Crippen molar-refractivity contribution in [1.29, 1.82) is 0 Å². The lowest BCUT2D eigenvalue weighted by Gasteiger charge is -2.33. The van der Waals surface area contributed by atoms with Crippen molar-refractivity contribution in [3.05, 3.63) is 47.5 Å². The van der Waals surface area contributed by atoms with E-state index in [4.69, 9.17) is 4.74 Å². The standard InChI is InChI=1S/C18H24N4O2/c1-14-19-15(2)22(20-14)17-9-6-10-21(11-17)18(23)13-24-12-16-7-4-3-5-8-16/h3-5,7-8,17H,6,9-13H2,1-2H3/t17-/m0/s1. The molecule has 0 N–H and O–H groups in total. The van der Waals surface area contributed by atoms with Gasteiger partial charge in [-0.05, 0) is 32.3 Å². The van der Waals surface area contributed by atoms with Crippen LogP contribution >= 0.6 is 0 Å². The molecule has 1 amide bonds. The number of hydrogen-bond acceptors (Lipinski definition) is 4. The van der Waals surface area contributed by atoms with Crippen LogP contribution in [0, 0.1) is 13.8 Å². The minimum absolute atomic E-state index is 0.0464. The highest BCUT2D eigenvalue weighted by atomic mass is 16.5. The molecule has 1 aromatic heterocycles. The van der Waals surface area contributed by atoms with E-state index in [-0.39, 0.29) is 18.6 Å². The van der Waals surface area contributed by atoms with Crippen molar-refractivity contribution in [2.45, 2.75) is 39.3 Å². The highest BCUT2D eigenvalue weighted by Gasteiger charge is 2.26. The van der Waals surface area contributed by atoms with E-state index >= 15 is 0 Å². The maximum absolute atomic E-state index is 12.4. The van der Waals surface area contributed by atoms with Crippen molar-refractivity contribution in [1.82, 2.24) is 19.7 Å². The Morgan fingerprint density at radius 2 is 2.08 bits per heavy atom. The molecule has 1 aliphatic heterocycles. The molecule has 0 aliphatic carbocycles. The lowest BCUT2D eigenvalue weighted by molar-refractivity contribution is -0.138. The largest absolute Gasteiger partial charge is 0.367 e. The zero-order chi connectivity index (χ0) is 16.9. The summed E-state index contributed by atoms with van der Waals surface area (Å²) < 4.78 is 7.54. The lowest BCUT2D eigenvalue weighted by Crippen LogP contribution is -2.42. The van der Waals surface area contributed by atoms with Crippen molar-refractivity contribution < 1.29 is 9.53 Å². The van der Waals surface area contributed by atoms with Crippen LogP contribution < -0.4 is 0 Å². The predicted octanol–water partition coefficient (Wildman–Crippen LogP) is 2.28. The van der Waals surface area contributed by atoms with Gasteiger partial charge in [0, 0.05) is 13.1 Å². The van der Waals surface area contributed by atoms with Gasteiger partial charge in [0.25, 0.3) is 0 Å². The molecule has 0 radical (unpaired) electrons. The molecule has 0 bridgehead atoms. The Morgan fingerprint density at radius 1 is 1.29 bits per heavy atom. The molecular weight excluding hydrogens is 304 g/mol. The smallest absolute Gasteiger partial charge is 0.248 e. The zero-order valence-corrected chi connectivity index (χ0v) is 14.3. The molecule has 1 saturated heterocycles. The van der Waals surface area contributed by atoms with Crippen molar-refractivity contribution in [3.63, 3.8) is 0 Å². The summed E-state index contributed by atoms with van der Waals surface area (Å²) in [6, 6.07) is 10.1. The number of carbonyl (C=O) groups is 1. The topological polar surface area (TPSA) is 60.2 Å². The first-order chi connectivity index (χ1) is 11.6. The van der Waals surface area contributed by atoms with Crippen molar-refractivity contribution in [2.24, 2.45) is 0 Å². The Labute approximate surface area is 142 Å². The van der Waals surface area contributed by atoms with Crippen molar-refractivity contribution >= 4 is 5.91 Å². The lowest BCUT2D eigenvalue weighted by atomic mass is 10.1. The minimum Gasteiger partial charge on any atom is -0.367 e. The van der Waals surface area contributed by atoms with Crippen LogP contribution in [0.5, 0.6) is 0 Å². The summed E-state index contributed by atoms with van der Waals surface area (Å²) in [5.41, 5.74) is 1.08. The molecule has 2 heterocycles. The third kappa shape index (κ3) is 4.00. The number of ether oxygens (including phenoxy) is 1. The molecule has 1 aliphatic rings. The van der Waals surface area contributed by atoms with E-state index in [1.807, 2.05) is 53.8 Å². The van der Waals surface area contributed by atoms with Gasteiger partial charge >= 0.3 is 0 Å². The second kappa shape index (κ2) is 7.57. The van der Waals surface area contributed by atoms with Crippen LogP contribution in [0.1, 0.15) is 36.1 Å². The van der Waals surface area contributed by atoms with Crippen LogP contribution in [0.4, 0.5) is 0 Å². The van der Waals surface area contributed by atoms with Crippen LogP contribution in [-0.2, 0) is 16.1 Å². The molecular formula is C18H24N4O2. The van der Waals surface area contributed by atoms with Gasteiger partial charge in [0.15, 0.2) is 0 Å². The third-order valence-corrected chi connectivity index (χ3v) is 4.34. The number of piperidine rings is 1. The molecule has 128 valence electrons. The molecule has 0 spiro atoms. The maximum Gasteiger partial charge on any atom is 0.248 e. The van der Waals surface area contributed by atoms with E-state index in [0.29, 0.717) is 13.2 Å². The second-order valence-corrected chi connectivity index (χ2v) is 6.27. The number of rotatable bonds is 5. The number of hydrogen-bond donors (Lipinski definition) is 0. The fraction of sp³-hybridized carbons (Fsp3) is 0.500. The van der Waals surface area contributed by atoms with Gasteiger partial charge in [-0.2, -0.15) is 5.10 Å². The van der Waals surface area contributed by atoms with E-state index < -0.39 is 0 Å². The van der Waals surface area contributed by atoms with Gasteiger partial charge in [0.05, 0.1) is 12.6 Å². The van der Waals surface area contributed by atoms with Gasteiger partial charge < -0.3 is 9.64 Å². The summed E-state index contributed by atoms with van der Waals surface area (Å²) in [5.74, 6) is 1.74. The number of amides is 1. The number of nitrogens with zero attached hydrogens (tertiary/aromatic N) is 4. The van der Waals surface area contributed by atoms with E-state index in [1.54, 1.807) is 0 Å². The molecule has 3 rings (SSSR count). The number of likely N-dealkylation sites (tertiary alicyclic amines) is 1. The predicted molar refractivity (Wildman–Crippen MR) is 90.4 cm³/mol. The molecule has 1 atom stereocenters. The second-order valence-electron chi connectivity index (χ2n) is 6.27. The van der Waals surface area contributed by atoms with Crippen molar-refractivity contribution in [2.75, 3.05) is 19.7 Å². The summed E-state index contributed by atoms with van der Waals surface area (Å²) in [5, 5.41) is 4.47. The van der Waals surface area contributed by atoms with Crippen LogP contribution in [0.2, 0.25) is 0 Å². The Bertz CT molecular complexity index is 684. The number of aromatic nitrogens is 3. The maximum atomic E-state index is 12.4. The van der Waals surface area contributed by atoms with E-state index in [1.165, 1.54) is 0 Å². The summed E-state index contributed by atoms with van der Waals surface area (Å²) in [4.78, 5) is 18.7. The van der Waals surface area contributed by atoms with Crippen LogP contribution in [0.15, 0.2) is 30.3 Å². The average Bonchev–Trinajstić information content (AvgIpc) is 2.94. The van der Waals surface area contributed by atoms with Gasteiger partial charge in [-0.1, -0.05) is 30.3 Å². The molecule has 6 heteroatoms. The van der Waals surface area contributed by atoms with Crippen LogP contribution in [0.3, 0.4) is 0 Å². The van der Waals surface area contributed by atoms with E-state index in [2.05, 4.69) is 10.1 Å². The van der Waals surface area contributed by atoms with Gasteiger partial charge in [-0.3, -0.25) is 4.79 Å². The van der Waals surface area contributed by atoms with Crippen LogP contribution in [-0.4, -0.2) is 45.3 Å². The normalized spacial score (nSPS) is 17.9. The quantitative estimate of drug-likeness (QED) is 0.845. The molecule has 0 saturated carbocycles. The Hall–Kier alpha value is -2.21.